The molecule has 1 N–H and O–H groups in total. The molecule has 0 saturated carbocycles. The zero-order valence-corrected chi connectivity index (χ0v) is 16.1. The maximum Gasteiger partial charge on any atom is 0.426 e. The van der Waals surface area contributed by atoms with Crippen molar-refractivity contribution in [2.45, 2.75) is 31.3 Å². The molecule has 0 heterocycles. The van der Waals surface area contributed by atoms with Gasteiger partial charge in [-0.2, -0.15) is 32.3 Å². The minimum atomic E-state index is -5.75. The SMILES string of the molecule is CC1C=C[CH-][CH-]C1CC(O)(C(F)(F)F)C(F)(F)F.[W].[Y]. The van der Waals surface area contributed by atoms with Gasteiger partial charge in [0.15, 0.2) is 0 Å². The molecule has 0 spiro atoms. The van der Waals surface area contributed by atoms with Crippen LogP contribution >= 0.6 is 0 Å². The number of rotatable bonds is 2. The van der Waals surface area contributed by atoms with Crippen molar-refractivity contribution in [3.8, 4) is 0 Å². The van der Waals surface area contributed by atoms with E-state index >= 15 is 0 Å². The molecule has 0 fully saturated rings. The second-order valence-corrected chi connectivity index (χ2v) is 4.35. The molecule has 1 nitrogen and oxygen atoms in total. The number of hydrogen-bond donors (Lipinski definition) is 1. The standard InChI is InChI=1S/C11H12F6O.W.Y/c1-7-4-2-3-5-8(7)6-9(18,10(12,13)14)11(15,16)17;;/h2-5,7-8,18H,6H2,1H3;;/q-2;;. The summed E-state index contributed by atoms with van der Waals surface area (Å²) in [6.07, 6.45) is -7.27. The van der Waals surface area contributed by atoms with Crippen molar-refractivity contribution in [3.05, 3.63) is 25.0 Å². The molecule has 0 bridgehead atoms. The third-order valence-electron chi connectivity index (χ3n) is 3.03. The Morgan fingerprint density at radius 3 is 1.90 bits per heavy atom. The molecule has 9 heteroatoms. The summed E-state index contributed by atoms with van der Waals surface area (Å²) in [6.45, 7) is 1.50. The molecular formula is C11H12F6OWY-2. The number of alkyl halides is 6. The first-order valence-corrected chi connectivity index (χ1v) is 5.20. The number of hydrogen-bond acceptors (Lipinski definition) is 1. The van der Waals surface area contributed by atoms with Crippen LogP contribution in [0.4, 0.5) is 26.3 Å². The van der Waals surface area contributed by atoms with Crippen LogP contribution in [0.5, 0.6) is 0 Å². The van der Waals surface area contributed by atoms with E-state index in [0.29, 0.717) is 0 Å². The Bertz CT molecular complexity index is 314. The molecule has 0 aromatic heterocycles. The molecule has 115 valence electrons. The van der Waals surface area contributed by atoms with Gasteiger partial charge in [-0.05, 0) is 6.42 Å². The van der Waals surface area contributed by atoms with Crippen LogP contribution in [-0.2, 0) is 53.8 Å². The first-order chi connectivity index (χ1) is 7.99. The fourth-order valence-electron chi connectivity index (χ4n) is 1.75. The van der Waals surface area contributed by atoms with E-state index in [4.69, 9.17) is 5.11 Å². The van der Waals surface area contributed by atoms with Crippen molar-refractivity contribution < 1.29 is 85.2 Å². The molecule has 0 aromatic carbocycles. The monoisotopic (exact) mass is 547 g/mol. The van der Waals surface area contributed by atoms with E-state index in [1.807, 2.05) is 0 Å². The smallest absolute Gasteiger partial charge is 0.395 e. The number of allylic oxidation sites excluding steroid dienone is 2. The van der Waals surface area contributed by atoms with Gasteiger partial charge in [0.25, 0.3) is 5.60 Å². The van der Waals surface area contributed by atoms with Gasteiger partial charge in [-0.25, -0.2) is 6.08 Å². The summed E-state index contributed by atoms with van der Waals surface area (Å²) in [6, 6.07) is 0. The van der Waals surface area contributed by atoms with Crippen molar-refractivity contribution in [3.63, 3.8) is 0 Å². The average Bonchev–Trinajstić information content (AvgIpc) is 2.18. The fraction of sp³-hybridized carbons (Fsp3) is 0.636. The van der Waals surface area contributed by atoms with Crippen LogP contribution < -0.4 is 0 Å². The van der Waals surface area contributed by atoms with Crippen LogP contribution in [0.15, 0.2) is 12.2 Å². The van der Waals surface area contributed by atoms with Gasteiger partial charge in [0.05, 0.1) is 0 Å². The van der Waals surface area contributed by atoms with Crippen LogP contribution in [0.25, 0.3) is 0 Å². The normalized spacial score (nSPS) is 23.4. The quantitative estimate of drug-likeness (QED) is 0.416. The van der Waals surface area contributed by atoms with Crippen LogP contribution in [0, 0.1) is 24.7 Å². The van der Waals surface area contributed by atoms with E-state index in [9.17, 15) is 26.3 Å². The molecule has 0 saturated heterocycles. The van der Waals surface area contributed by atoms with Gasteiger partial charge >= 0.3 is 12.4 Å². The van der Waals surface area contributed by atoms with Gasteiger partial charge < -0.3 is 17.9 Å². The predicted octanol–water partition coefficient (Wildman–Crippen LogP) is 3.46. The Morgan fingerprint density at radius 2 is 1.55 bits per heavy atom. The van der Waals surface area contributed by atoms with E-state index in [1.54, 1.807) is 6.08 Å². The minimum Gasteiger partial charge on any atom is -0.395 e. The Kier molecular flexibility index (Phi) is 9.26. The van der Waals surface area contributed by atoms with Crippen molar-refractivity contribution >= 4 is 0 Å². The summed E-state index contributed by atoms with van der Waals surface area (Å²) < 4.78 is 74.8. The summed E-state index contributed by atoms with van der Waals surface area (Å²) in [5.41, 5.74) is -4.67. The van der Waals surface area contributed by atoms with Crippen LogP contribution in [0.3, 0.4) is 0 Å². The zero-order chi connectivity index (χ0) is 14.2. The first-order valence-electron chi connectivity index (χ1n) is 5.20. The van der Waals surface area contributed by atoms with E-state index in [2.05, 4.69) is 0 Å². The van der Waals surface area contributed by atoms with E-state index in [1.165, 1.54) is 25.8 Å². The molecule has 0 aromatic rings. The van der Waals surface area contributed by atoms with E-state index < -0.39 is 36.2 Å². The Labute approximate surface area is 152 Å². The fourth-order valence-corrected chi connectivity index (χ4v) is 1.75. The Balaban J connectivity index is 0. The van der Waals surface area contributed by atoms with E-state index in [0.717, 1.165) is 0 Å². The summed E-state index contributed by atoms with van der Waals surface area (Å²) in [7, 11) is 0. The third kappa shape index (κ3) is 4.99. The number of halogens is 6. The van der Waals surface area contributed by atoms with Crippen molar-refractivity contribution in [2.24, 2.45) is 11.8 Å². The average molecular weight is 547 g/mol. The van der Waals surface area contributed by atoms with Crippen molar-refractivity contribution in [1.82, 2.24) is 0 Å². The second-order valence-electron chi connectivity index (χ2n) is 4.35. The van der Waals surface area contributed by atoms with Crippen LogP contribution in [0.2, 0.25) is 0 Å². The Morgan fingerprint density at radius 1 is 1.10 bits per heavy atom. The van der Waals surface area contributed by atoms with Gasteiger partial charge in [0, 0.05) is 53.8 Å². The van der Waals surface area contributed by atoms with Crippen LogP contribution in [-0.4, -0.2) is 23.1 Å². The Hall–Kier alpha value is 0.942. The zero-order valence-electron chi connectivity index (χ0n) is 10.4. The summed E-state index contributed by atoms with van der Waals surface area (Å²) in [5, 5.41) is 9.05. The molecule has 1 radical (unpaired) electrons. The van der Waals surface area contributed by atoms with Gasteiger partial charge in [0.1, 0.15) is 0 Å². The topological polar surface area (TPSA) is 20.2 Å². The molecular weight excluding hydrogens is 535 g/mol. The summed E-state index contributed by atoms with van der Waals surface area (Å²) in [5.74, 6) is -1.51. The summed E-state index contributed by atoms with van der Waals surface area (Å²) in [4.78, 5) is 0. The van der Waals surface area contributed by atoms with Crippen molar-refractivity contribution in [1.29, 1.82) is 0 Å². The molecule has 0 amide bonds. The molecule has 20 heavy (non-hydrogen) atoms. The maximum absolute atomic E-state index is 12.5. The van der Waals surface area contributed by atoms with Crippen molar-refractivity contribution in [2.75, 3.05) is 0 Å². The molecule has 1 aliphatic carbocycles. The van der Waals surface area contributed by atoms with Gasteiger partial charge in [-0.15, -0.1) is 5.92 Å². The minimum absolute atomic E-state index is 0. The molecule has 2 atom stereocenters. The van der Waals surface area contributed by atoms with Gasteiger partial charge in [-0.1, -0.05) is 6.92 Å². The number of aliphatic hydroxyl groups is 1. The van der Waals surface area contributed by atoms with Crippen LogP contribution in [0.1, 0.15) is 13.3 Å². The second kappa shape index (κ2) is 7.98. The molecule has 2 unspecified atom stereocenters. The first kappa shape index (κ1) is 23.2. The largest absolute Gasteiger partial charge is 0.426 e. The maximum atomic E-state index is 12.5. The molecule has 1 rings (SSSR count). The van der Waals surface area contributed by atoms with Gasteiger partial charge in [0.2, 0.25) is 0 Å². The molecule has 1 aliphatic rings. The van der Waals surface area contributed by atoms with E-state index in [-0.39, 0.29) is 53.8 Å². The summed E-state index contributed by atoms with van der Waals surface area (Å²) >= 11 is 0. The predicted molar refractivity (Wildman–Crippen MR) is 52.1 cm³/mol. The molecule has 0 aliphatic heterocycles. The van der Waals surface area contributed by atoms with Gasteiger partial charge in [-0.3, -0.25) is 6.08 Å². The third-order valence-corrected chi connectivity index (χ3v) is 3.03.